The molecule has 1 aromatic heterocycles. The number of aryl methyl sites for hydroxylation is 3. The summed E-state index contributed by atoms with van der Waals surface area (Å²) in [6, 6.07) is 6.28. The molecule has 1 amide bonds. The van der Waals surface area contributed by atoms with E-state index < -0.39 is 5.97 Å². The molecule has 25 heavy (non-hydrogen) atoms. The van der Waals surface area contributed by atoms with E-state index in [2.05, 4.69) is 28.6 Å². The fraction of sp³-hybridized carbons (Fsp3) is 0.421. The van der Waals surface area contributed by atoms with Crippen LogP contribution < -0.4 is 5.32 Å². The molecule has 0 saturated heterocycles. The number of fused-ring (bicyclic) bond motifs is 1. The van der Waals surface area contributed by atoms with E-state index in [0.717, 1.165) is 18.4 Å². The van der Waals surface area contributed by atoms with Crippen molar-refractivity contribution >= 4 is 11.9 Å². The van der Waals surface area contributed by atoms with Crippen molar-refractivity contribution in [2.75, 3.05) is 6.61 Å². The molecule has 132 valence electrons. The number of nitrogens with one attached hydrogen (secondary N) is 1. The molecule has 0 fully saturated rings. The second-order valence-corrected chi connectivity index (χ2v) is 6.50. The summed E-state index contributed by atoms with van der Waals surface area (Å²) in [5.41, 5.74) is 4.21. The molecule has 1 N–H and O–H groups in total. The van der Waals surface area contributed by atoms with Crippen LogP contribution in [0.15, 0.2) is 30.6 Å². The van der Waals surface area contributed by atoms with Crippen LogP contribution >= 0.6 is 0 Å². The molecule has 0 bridgehead atoms. The van der Waals surface area contributed by atoms with E-state index in [1.165, 1.54) is 34.8 Å². The third kappa shape index (κ3) is 4.26. The fourth-order valence-corrected chi connectivity index (χ4v) is 3.13. The third-order valence-corrected chi connectivity index (χ3v) is 4.52. The predicted octanol–water partition coefficient (Wildman–Crippen LogP) is 2.33. The molecule has 1 aliphatic rings. The van der Waals surface area contributed by atoms with Gasteiger partial charge in [0.25, 0.3) is 5.91 Å². The van der Waals surface area contributed by atoms with Crippen LogP contribution in [0.2, 0.25) is 0 Å². The first kappa shape index (κ1) is 17.2. The Morgan fingerprint density at radius 1 is 1.28 bits per heavy atom. The number of esters is 1. The first-order chi connectivity index (χ1) is 12.0. The van der Waals surface area contributed by atoms with Crippen molar-refractivity contribution in [3.8, 4) is 0 Å². The molecule has 3 rings (SSSR count). The van der Waals surface area contributed by atoms with Crippen molar-refractivity contribution in [2.45, 2.75) is 38.6 Å². The number of nitrogens with zero attached hydrogens (tertiary/aromatic N) is 2. The molecule has 0 spiro atoms. The zero-order chi connectivity index (χ0) is 17.8. The van der Waals surface area contributed by atoms with Gasteiger partial charge in [-0.3, -0.25) is 9.48 Å². The van der Waals surface area contributed by atoms with Gasteiger partial charge in [-0.2, -0.15) is 5.10 Å². The Bertz CT molecular complexity index is 782. The Labute approximate surface area is 147 Å². The van der Waals surface area contributed by atoms with E-state index in [-0.39, 0.29) is 18.6 Å². The number of carbonyl (C=O) groups excluding carboxylic acids is 2. The Morgan fingerprint density at radius 3 is 2.76 bits per heavy atom. The molecule has 0 unspecified atom stereocenters. The lowest BCUT2D eigenvalue weighted by Gasteiger charge is -2.20. The summed E-state index contributed by atoms with van der Waals surface area (Å²) in [4.78, 5) is 23.9. The summed E-state index contributed by atoms with van der Waals surface area (Å²) in [6.45, 7) is 1.63. The minimum atomic E-state index is -0.551. The maximum atomic E-state index is 12.0. The van der Waals surface area contributed by atoms with Crippen LogP contribution in [0.1, 0.15) is 52.9 Å². The Balaban J connectivity index is 1.53. The quantitative estimate of drug-likeness (QED) is 0.847. The maximum absolute atomic E-state index is 12.0. The second kappa shape index (κ2) is 7.51. The van der Waals surface area contributed by atoms with Gasteiger partial charge in [0, 0.05) is 13.2 Å². The smallest absolute Gasteiger partial charge is 0.341 e. The maximum Gasteiger partial charge on any atom is 0.341 e. The van der Waals surface area contributed by atoms with Crippen LogP contribution in [0.5, 0.6) is 0 Å². The Morgan fingerprint density at radius 2 is 2.04 bits per heavy atom. The molecule has 6 heteroatoms. The zero-order valence-corrected chi connectivity index (χ0v) is 14.6. The molecule has 0 saturated carbocycles. The highest BCUT2D eigenvalue weighted by atomic mass is 16.5. The summed E-state index contributed by atoms with van der Waals surface area (Å²) in [6.07, 6.45) is 7.68. The normalized spacial score (nSPS) is 14.5. The van der Waals surface area contributed by atoms with Gasteiger partial charge in [0.2, 0.25) is 0 Å². The van der Waals surface area contributed by atoms with Crippen molar-refractivity contribution < 1.29 is 14.3 Å². The molecule has 2 aromatic rings. The van der Waals surface area contributed by atoms with Crippen molar-refractivity contribution in [3.05, 3.63) is 52.8 Å². The van der Waals surface area contributed by atoms with Gasteiger partial charge >= 0.3 is 5.97 Å². The molecule has 1 heterocycles. The third-order valence-electron chi connectivity index (χ3n) is 4.52. The van der Waals surface area contributed by atoms with Crippen LogP contribution in [-0.2, 0) is 29.4 Å². The van der Waals surface area contributed by atoms with Gasteiger partial charge in [-0.1, -0.05) is 18.2 Å². The Hall–Kier alpha value is -2.63. The van der Waals surface area contributed by atoms with Gasteiger partial charge in [-0.25, -0.2) is 4.79 Å². The van der Waals surface area contributed by atoms with E-state index in [0.29, 0.717) is 5.56 Å². The van der Waals surface area contributed by atoms with Gasteiger partial charge in [0.15, 0.2) is 6.61 Å². The van der Waals surface area contributed by atoms with Crippen molar-refractivity contribution in [3.63, 3.8) is 0 Å². The summed E-state index contributed by atoms with van der Waals surface area (Å²) >= 11 is 0. The standard InChI is InChI=1S/C19H23N3O3/c1-13(15-8-7-14-5-3-4-6-16(14)9-15)21-18(23)12-25-19(24)17-10-20-22(2)11-17/h7-11,13H,3-6,12H2,1-2H3,(H,21,23)/t13-/m0/s1. The SMILES string of the molecule is C[C@H](NC(=O)COC(=O)c1cnn(C)c1)c1ccc2c(c1)CCCC2. The molecular weight excluding hydrogens is 318 g/mol. The minimum Gasteiger partial charge on any atom is -0.452 e. The first-order valence-corrected chi connectivity index (χ1v) is 8.60. The molecule has 1 aliphatic carbocycles. The number of hydrogen-bond acceptors (Lipinski definition) is 4. The number of aromatic nitrogens is 2. The van der Waals surface area contributed by atoms with E-state index in [1.54, 1.807) is 13.2 Å². The molecule has 0 radical (unpaired) electrons. The van der Waals surface area contributed by atoms with Crippen LogP contribution in [0.3, 0.4) is 0 Å². The zero-order valence-electron chi connectivity index (χ0n) is 14.6. The van der Waals surface area contributed by atoms with Crippen molar-refractivity contribution in [1.29, 1.82) is 0 Å². The summed E-state index contributed by atoms with van der Waals surface area (Å²) < 4.78 is 6.53. The number of hydrogen-bond donors (Lipinski definition) is 1. The van der Waals surface area contributed by atoms with Crippen LogP contribution in [0.4, 0.5) is 0 Å². The van der Waals surface area contributed by atoms with E-state index >= 15 is 0 Å². The van der Waals surface area contributed by atoms with Crippen LogP contribution in [0.25, 0.3) is 0 Å². The van der Waals surface area contributed by atoms with Crippen molar-refractivity contribution in [1.82, 2.24) is 15.1 Å². The highest BCUT2D eigenvalue weighted by molar-refractivity contribution is 5.90. The average molecular weight is 341 g/mol. The van der Waals surface area contributed by atoms with Gasteiger partial charge in [0.1, 0.15) is 0 Å². The number of ether oxygens (including phenoxy) is 1. The second-order valence-electron chi connectivity index (χ2n) is 6.50. The highest BCUT2D eigenvalue weighted by Gasteiger charge is 2.16. The molecule has 1 atom stereocenters. The van der Waals surface area contributed by atoms with Gasteiger partial charge in [0.05, 0.1) is 17.8 Å². The molecule has 0 aliphatic heterocycles. The van der Waals surface area contributed by atoms with Gasteiger partial charge < -0.3 is 10.1 Å². The monoisotopic (exact) mass is 341 g/mol. The van der Waals surface area contributed by atoms with E-state index in [4.69, 9.17) is 4.74 Å². The van der Waals surface area contributed by atoms with Crippen LogP contribution in [0, 0.1) is 0 Å². The lowest BCUT2D eigenvalue weighted by atomic mass is 9.89. The van der Waals surface area contributed by atoms with Crippen molar-refractivity contribution in [2.24, 2.45) is 7.05 Å². The van der Waals surface area contributed by atoms with Gasteiger partial charge in [-0.15, -0.1) is 0 Å². The number of benzene rings is 1. The molecule has 6 nitrogen and oxygen atoms in total. The number of amides is 1. The topological polar surface area (TPSA) is 73.2 Å². The van der Waals surface area contributed by atoms with E-state index in [1.807, 2.05) is 6.92 Å². The largest absolute Gasteiger partial charge is 0.452 e. The highest BCUT2D eigenvalue weighted by Crippen LogP contribution is 2.24. The fourth-order valence-electron chi connectivity index (χ4n) is 3.13. The lowest BCUT2D eigenvalue weighted by Crippen LogP contribution is -2.31. The molecular formula is C19H23N3O3. The van der Waals surface area contributed by atoms with Gasteiger partial charge in [-0.05, 0) is 49.3 Å². The predicted molar refractivity (Wildman–Crippen MR) is 93.1 cm³/mol. The summed E-state index contributed by atoms with van der Waals surface area (Å²) in [7, 11) is 1.71. The lowest BCUT2D eigenvalue weighted by molar-refractivity contribution is -0.124. The number of carbonyl (C=O) groups is 2. The minimum absolute atomic E-state index is 0.128. The Kier molecular flexibility index (Phi) is 5.16. The first-order valence-electron chi connectivity index (χ1n) is 8.60. The number of rotatable bonds is 5. The summed E-state index contributed by atoms with van der Waals surface area (Å²) in [5, 5.41) is 6.78. The average Bonchev–Trinajstić information content (AvgIpc) is 3.05. The molecule has 1 aromatic carbocycles. The van der Waals surface area contributed by atoms with Crippen LogP contribution in [-0.4, -0.2) is 28.3 Å². The summed E-state index contributed by atoms with van der Waals surface area (Å²) in [5.74, 6) is -0.868. The van der Waals surface area contributed by atoms with E-state index in [9.17, 15) is 9.59 Å².